The third-order valence-electron chi connectivity index (χ3n) is 2.98. The predicted octanol–water partition coefficient (Wildman–Crippen LogP) is 1.54. The second-order valence-corrected chi connectivity index (χ2v) is 4.95. The van der Waals surface area contributed by atoms with Crippen LogP contribution in [0.2, 0.25) is 0 Å². The number of nitrogens with one attached hydrogen (secondary N) is 1. The molecule has 5 nitrogen and oxygen atoms in total. The number of hydrogen-bond donors (Lipinski definition) is 1. The average Bonchev–Trinajstić information content (AvgIpc) is 2.97. The molecule has 0 spiro atoms. The maximum Gasteiger partial charge on any atom is 0.229 e. The van der Waals surface area contributed by atoms with Crippen LogP contribution in [0.5, 0.6) is 0 Å². The maximum atomic E-state index is 12.0. The van der Waals surface area contributed by atoms with Gasteiger partial charge in [-0.3, -0.25) is 4.79 Å². The summed E-state index contributed by atoms with van der Waals surface area (Å²) >= 11 is 1.44. The second-order valence-electron chi connectivity index (χ2n) is 4.05. The summed E-state index contributed by atoms with van der Waals surface area (Å²) in [6.07, 6.45) is 7.01. The number of imidazole rings is 1. The smallest absolute Gasteiger partial charge is 0.229 e. The van der Waals surface area contributed by atoms with Crippen molar-refractivity contribution in [3.8, 4) is 0 Å². The van der Waals surface area contributed by atoms with E-state index in [9.17, 15) is 4.79 Å². The molecule has 1 N–H and O–H groups in total. The van der Waals surface area contributed by atoms with E-state index in [0.29, 0.717) is 11.6 Å². The second kappa shape index (κ2) is 4.29. The summed E-state index contributed by atoms with van der Waals surface area (Å²) in [5.74, 6) is 1.05. The number of fused-ring (bicyclic) bond motifs is 1. The van der Waals surface area contributed by atoms with Crippen molar-refractivity contribution < 1.29 is 4.79 Å². The lowest BCUT2D eigenvalue weighted by Gasteiger charge is -2.21. The van der Waals surface area contributed by atoms with E-state index in [4.69, 9.17) is 0 Å². The monoisotopic (exact) mass is 248 g/mol. The number of hydrogen-bond acceptors (Lipinski definition) is 4. The van der Waals surface area contributed by atoms with E-state index in [1.807, 2.05) is 11.6 Å². The summed E-state index contributed by atoms with van der Waals surface area (Å²) in [6, 6.07) is 0. The summed E-state index contributed by atoms with van der Waals surface area (Å²) in [7, 11) is 0. The molecule has 0 saturated carbocycles. The first kappa shape index (κ1) is 10.5. The topological polar surface area (TPSA) is 59.8 Å². The minimum atomic E-state index is 0.00815. The fraction of sp³-hybridized carbons (Fsp3) is 0.364. The molecule has 88 valence electrons. The van der Waals surface area contributed by atoms with Gasteiger partial charge in [-0.1, -0.05) is 0 Å². The van der Waals surface area contributed by atoms with Gasteiger partial charge in [-0.15, -0.1) is 11.3 Å². The number of aromatic nitrogens is 3. The summed E-state index contributed by atoms with van der Waals surface area (Å²) < 4.78 is 2.10. The Bertz CT molecular complexity index is 519. The molecule has 17 heavy (non-hydrogen) atoms. The van der Waals surface area contributed by atoms with Crippen molar-refractivity contribution in [3.05, 3.63) is 29.8 Å². The Morgan fingerprint density at radius 3 is 3.24 bits per heavy atom. The zero-order valence-corrected chi connectivity index (χ0v) is 9.98. The molecule has 3 rings (SSSR count). The van der Waals surface area contributed by atoms with Gasteiger partial charge in [-0.25, -0.2) is 9.97 Å². The van der Waals surface area contributed by atoms with Gasteiger partial charge < -0.3 is 9.88 Å². The highest BCUT2D eigenvalue weighted by molar-refractivity contribution is 7.13. The van der Waals surface area contributed by atoms with Crippen LogP contribution in [0.25, 0.3) is 0 Å². The third-order valence-corrected chi connectivity index (χ3v) is 3.67. The predicted molar refractivity (Wildman–Crippen MR) is 64.8 cm³/mol. The van der Waals surface area contributed by atoms with E-state index < -0.39 is 0 Å². The Morgan fingerprint density at radius 2 is 2.41 bits per heavy atom. The van der Waals surface area contributed by atoms with Crippen molar-refractivity contribution >= 4 is 22.4 Å². The summed E-state index contributed by atoms with van der Waals surface area (Å²) in [4.78, 5) is 20.3. The number of rotatable bonds is 2. The molecule has 1 aliphatic heterocycles. The number of anilines is 1. The SMILES string of the molecule is O=C(Nc1nccs1)C1CCn2ccnc2C1. The first-order chi connectivity index (χ1) is 8.33. The first-order valence-corrected chi connectivity index (χ1v) is 6.41. The zero-order chi connectivity index (χ0) is 11.7. The molecule has 1 atom stereocenters. The summed E-state index contributed by atoms with van der Waals surface area (Å²) in [5, 5.41) is 5.37. The van der Waals surface area contributed by atoms with Crippen LogP contribution >= 0.6 is 11.3 Å². The minimum absolute atomic E-state index is 0.00815. The molecule has 2 aromatic heterocycles. The van der Waals surface area contributed by atoms with Crippen molar-refractivity contribution in [2.75, 3.05) is 5.32 Å². The lowest BCUT2D eigenvalue weighted by Crippen LogP contribution is -2.30. The van der Waals surface area contributed by atoms with Crippen molar-refractivity contribution in [1.29, 1.82) is 0 Å². The zero-order valence-electron chi connectivity index (χ0n) is 9.17. The Hall–Kier alpha value is -1.69. The fourth-order valence-corrected chi connectivity index (χ4v) is 2.60. The molecular weight excluding hydrogens is 236 g/mol. The average molecular weight is 248 g/mol. The van der Waals surface area contributed by atoms with E-state index in [1.54, 1.807) is 12.4 Å². The molecule has 0 fully saturated rings. The molecule has 0 bridgehead atoms. The molecule has 3 heterocycles. The molecule has 2 aromatic rings. The van der Waals surface area contributed by atoms with Gasteiger partial charge in [0.25, 0.3) is 0 Å². The van der Waals surface area contributed by atoms with E-state index in [2.05, 4.69) is 19.9 Å². The minimum Gasteiger partial charge on any atom is -0.335 e. The van der Waals surface area contributed by atoms with Gasteiger partial charge in [0.05, 0.1) is 0 Å². The normalized spacial score (nSPS) is 18.7. The Morgan fingerprint density at radius 1 is 1.47 bits per heavy atom. The van der Waals surface area contributed by atoms with E-state index in [-0.39, 0.29) is 11.8 Å². The van der Waals surface area contributed by atoms with Gasteiger partial charge in [-0.05, 0) is 6.42 Å². The Balaban J connectivity index is 1.68. The first-order valence-electron chi connectivity index (χ1n) is 5.53. The van der Waals surface area contributed by atoms with Gasteiger partial charge in [0, 0.05) is 42.9 Å². The van der Waals surface area contributed by atoms with Crippen LogP contribution in [-0.2, 0) is 17.8 Å². The third kappa shape index (κ3) is 2.08. The Labute approximate surface area is 103 Å². The molecule has 0 radical (unpaired) electrons. The van der Waals surface area contributed by atoms with Crippen molar-refractivity contribution in [3.63, 3.8) is 0 Å². The maximum absolute atomic E-state index is 12.0. The van der Waals surface area contributed by atoms with Gasteiger partial charge in [-0.2, -0.15) is 0 Å². The summed E-state index contributed by atoms with van der Waals surface area (Å²) in [6.45, 7) is 0.866. The van der Waals surface area contributed by atoms with Crippen LogP contribution in [0, 0.1) is 5.92 Å². The highest BCUT2D eigenvalue weighted by Crippen LogP contribution is 2.21. The molecule has 1 unspecified atom stereocenters. The lowest BCUT2D eigenvalue weighted by atomic mass is 9.97. The number of carbonyl (C=O) groups is 1. The molecule has 0 saturated heterocycles. The van der Waals surface area contributed by atoms with Gasteiger partial charge in [0.1, 0.15) is 5.82 Å². The highest BCUT2D eigenvalue weighted by Gasteiger charge is 2.25. The van der Waals surface area contributed by atoms with Crippen LogP contribution in [0.15, 0.2) is 24.0 Å². The largest absolute Gasteiger partial charge is 0.335 e. The number of nitrogens with zero attached hydrogens (tertiary/aromatic N) is 3. The van der Waals surface area contributed by atoms with Crippen LogP contribution in [-0.4, -0.2) is 20.4 Å². The highest BCUT2D eigenvalue weighted by atomic mass is 32.1. The number of carbonyl (C=O) groups excluding carboxylic acids is 1. The number of aryl methyl sites for hydroxylation is 1. The van der Waals surface area contributed by atoms with Crippen LogP contribution in [0.3, 0.4) is 0 Å². The van der Waals surface area contributed by atoms with Gasteiger partial charge in [0.15, 0.2) is 5.13 Å². The summed E-state index contributed by atoms with van der Waals surface area (Å²) in [5.41, 5.74) is 0. The van der Waals surface area contributed by atoms with E-state index in [0.717, 1.165) is 18.8 Å². The molecule has 1 amide bonds. The molecule has 0 aliphatic carbocycles. The van der Waals surface area contributed by atoms with Gasteiger partial charge in [0.2, 0.25) is 5.91 Å². The van der Waals surface area contributed by atoms with Crippen LogP contribution in [0.1, 0.15) is 12.2 Å². The van der Waals surface area contributed by atoms with Gasteiger partial charge >= 0.3 is 0 Å². The van der Waals surface area contributed by atoms with Crippen molar-refractivity contribution in [2.24, 2.45) is 5.92 Å². The molecular formula is C11H12N4OS. The molecule has 1 aliphatic rings. The number of amides is 1. The van der Waals surface area contributed by atoms with E-state index in [1.165, 1.54) is 11.3 Å². The Kier molecular flexibility index (Phi) is 2.64. The van der Waals surface area contributed by atoms with Crippen LogP contribution in [0.4, 0.5) is 5.13 Å². The van der Waals surface area contributed by atoms with E-state index >= 15 is 0 Å². The number of thiazole rings is 1. The van der Waals surface area contributed by atoms with Crippen molar-refractivity contribution in [2.45, 2.75) is 19.4 Å². The quantitative estimate of drug-likeness (QED) is 0.877. The fourth-order valence-electron chi connectivity index (χ4n) is 2.07. The molecule has 6 heteroatoms. The molecule has 0 aromatic carbocycles. The van der Waals surface area contributed by atoms with Crippen LogP contribution < -0.4 is 5.32 Å². The lowest BCUT2D eigenvalue weighted by molar-refractivity contribution is -0.120. The van der Waals surface area contributed by atoms with Crippen molar-refractivity contribution in [1.82, 2.24) is 14.5 Å². The standard InChI is InChI=1S/C11H12N4OS/c16-10(14-11-13-3-6-17-11)8-1-4-15-5-2-12-9(15)7-8/h2-3,5-6,8H,1,4,7H2,(H,13,14,16).